The van der Waals surface area contributed by atoms with Crippen LogP contribution in [-0.4, -0.2) is 16.8 Å². The summed E-state index contributed by atoms with van der Waals surface area (Å²) in [6.45, 7) is 8.23. The van der Waals surface area contributed by atoms with Gasteiger partial charge in [0, 0.05) is 5.92 Å². The van der Waals surface area contributed by atoms with Gasteiger partial charge in [0.25, 0.3) is 0 Å². The van der Waals surface area contributed by atoms with E-state index in [1.165, 1.54) is 0 Å². The minimum Gasteiger partial charge on any atom is -0.392 e. The summed E-state index contributed by atoms with van der Waals surface area (Å²) in [5.41, 5.74) is 0.931. The van der Waals surface area contributed by atoms with Gasteiger partial charge in [-0.3, -0.25) is 0 Å². The Bertz CT molecular complexity index is 370. The van der Waals surface area contributed by atoms with Crippen molar-refractivity contribution >= 4 is 0 Å². The number of ether oxygens (including phenoxy) is 1. The van der Waals surface area contributed by atoms with Crippen LogP contribution in [-0.2, 0) is 4.74 Å². The Kier molecular flexibility index (Phi) is 3.28. The molecular weight excluding hydrogens is 212 g/mol. The molecule has 1 aliphatic heterocycles. The summed E-state index contributed by atoms with van der Waals surface area (Å²) in [5.74, 6) is 0.430. The van der Waals surface area contributed by atoms with Crippen molar-refractivity contribution in [3.8, 4) is 0 Å². The predicted octanol–water partition coefficient (Wildman–Crippen LogP) is 3.17. The van der Waals surface area contributed by atoms with Crippen LogP contribution in [0.25, 0.3) is 0 Å². The van der Waals surface area contributed by atoms with Crippen LogP contribution >= 0.6 is 0 Å². The van der Waals surface area contributed by atoms with Gasteiger partial charge in [0.1, 0.15) is 0 Å². The SMILES string of the molecule is CC(C)C(O)C1C(c2ccccc2)OC1(C)C. The third-order valence-corrected chi connectivity index (χ3v) is 3.74. The monoisotopic (exact) mass is 234 g/mol. The Morgan fingerprint density at radius 2 is 1.76 bits per heavy atom. The molecule has 0 radical (unpaired) electrons. The third-order valence-electron chi connectivity index (χ3n) is 3.74. The normalized spacial score (nSPS) is 28.8. The highest BCUT2D eigenvalue weighted by atomic mass is 16.5. The summed E-state index contributed by atoms with van der Waals surface area (Å²) in [5, 5.41) is 10.3. The number of hydrogen-bond acceptors (Lipinski definition) is 2. The molecule has 2 heteroatoms. The molecule has 0 amide bonds. The second kappa shape index (κ2) is 4.43. The van der Waals surface area contributed by atoms with Gasteiger partial charge in [-0.05, 0) is 25.3 Å². The topological polar surface area (TPSA) is 29.5 Å². The van der Waals surface area contributed by atoms with Gasteiger partial charge in [0.2, 0.25) is 0 Å². The summed E-state index contributed by atoms with van der Waals surface area (Å²) in [6, 6.07) is 10.2. The van der Waals surface area contributed by atoms with Crippen molar-refractivity contribution in [3.63, 3.8) is 0 Å². The molecule has 1 saturated heterocycles. The maximum Gasteiger partial charge on any atom is 0.0912 e. The molecule has 1 aliphatic rings. The largest absolute Gasteiger partial charge is 0.392 e. The molecular formula is C15H22O2. The Balaban J connectivity index is 2.21. The highest BCUT2D eigenvalue weighted by Crippen LogP contribution is 2.51. The lowest BCUT2D eigenvalue weighted by molar-refractivity contribution is -0.278. The molecule has 1 heterocycles. The van der Waals surface area contributed by atoms with Crippen LogP contribution in [0.15, 0.2) is 30.3 Å². The zero-order chi connectivity index (χ0) is 12.6. The molecule has 1 aromatic rings. The molecule has 0 spiro atoms. The molecule has 0 bridgehead atoms. The lowest BCUT2D eigenvalue weighted by Crippen LogP contribution is -2.57. The second-order valence-electron chi connectivity index (χ2n) is 5.81. The van der Waals surface area contributed by atoms with E-state index in [0.29, 0.717) is 0 Å². The van der Waals surface area contributed by atoms with Crippen LogP contribution in [0.4, 0.5) is 0 Å². The smallest absolute Gasteiger partial charge is 0.0912 e. The number of aliphatic hydroxyl groups is 1. The fourth-order valence-electron chi connectivity index (χ4n) is 2.69. The average Bonchev–Trinajstić information content (AvgIpc) is 2.27. The molecule has 94 valence electrons. The fraction of sp³-hybridized carbons (Fsp3) is 0.600. The van der Waals surface area contributed by atoms with E-state index >= 15 is 0 Å². The minimum atomic E-state index is -0.316. The number of benzene rings is 1. The maximum atomic E-state index is 10.3. The fourth-order valence-corrected chi connectivity index (χ4v) is 2.69. The predicted molar refractivity (Wildman–Crippen MR) is 68.7 cm³/mol. The van der Waals surface area contributed by atoms with Gasteiger partial charge < -0.3 is 9.84 Å². The molecule has 17 heavy (non-hydrogen) atoms. The van der Waals surface area contributed by atoms with Crippen molar-refractivity contribution in [2.45, 2.75) is 45.5 Å². The summed E-state index contributed by atoms with van der Waals surface area (Å²) in [4.78, 5) is 0. The molecule has 1 fully saturated rings. The van der Waals surface area contributed by atoms with Crippen LogP contribution in [0.3, 0.4) is 0 Å². The van der Waals surface area contributed by atoms with Gasteiger partial charge in [0.05, 0.1) is 17.8 Å². The Hall–Kier alpha value is -0.860. The van der Waals surface area contributed by atoms with Crippen molar-refractivity contribution in [2.75, 3.05) is 0 Å². The van der Waals surface area contributed by atoms with Crippen LogP contribution in [0.5, 0.6) is 0 Å². The van der Waals surface area contributed by atoms with E-state index < -0.39 is 0 Å². The maximum absolute atomic E-state index is 10.3. The molecule has 2 nitrogen and oxygen atoms in total. The summed E-state index contributed by atoms with van der Waals surface area (Å²) in [7, 11) is 0. The first-order valence-corrected chi connectivity index (χ1v) is 6.34. The lowest BCUT2D eigenvalue weighted by Gasteiger charge is -2.54. The highest BCUT2D eigenvalue weighted by Gasteiger charge is 2.53. The van der Waals surface area contributed by atoms with Crippen molar-refractivity contribution < 1.29 is 9.84 Å². The Morgan fingerprint density at radius 3 is 2.24 bits per heavy atom. The third kappa shape index (κ3) is 2.24. The Morgan fingerprint density at radius 1 is 1.18 bits per heavy atom. The van der Waals surface area contributed by atoms with Gasteiger partial charge in [-0.1, -0.05) is 44.2 Å². The summed E-state index contributed by atoms with van der Waals surface area (Å²) in [6.07, 6.45) is -0.285. The first-order chi connectivity index (χ1) is 7.93. The number of rotatable bonds is 3. The van der Waals surface area contributed by atoms with Crippen LogP contribution < -0.4 is 0 Å². The molecule has 1 N–H and O–H groups in total. The minimum absolute atomic E-state index is 0.0311. The first-order valence-electron chi connectivity index (χ1n) is 6.34. The second-order valence-corrected chi connectivity index (χ2v) is 5.81. The zero-order valence-corrected chi connectivity index (χ0v) is 11.1. The van der Waals surface area contributed by atoms with Gasteiger partial charge in [0.15, 0.2) is 0 Å². The van der Waals surface area contributed by atoms with E-state index in [9.17, 15) is 5.11 Å². The summed E-state index contributed by atoms with van der Waals surface area (Å²) < 4.78 is 5.94. The van der Waals surface area contributed by atoms with Crippen molar-refractivity contribution in [1.82, 2.24) is 0 Å². The molecule has 3 unspecified atom stereocenters. The molecule has 0 aliphatic carbocycles. The van der Waals surface area contributed by atoms with Crippen LogP contribution in [0.2, 0.25) is 0 Å². The van der Waals surface area contributed by atoms with E-state index in [1.54, 1.807) is 0 Å². The Labute approximate surface area is 104 Å². The van der Waals surface area contributed by atoms with Crippen molar-refractivity contribution in [2.24, 2.45) is 11.8 Å². The summed E-state index contributed by atoms with van der Waals surface area (Å²) >= 11 is 0. The molecule has 0 aromatic heterocycles. The lowest BCUT2D eigenvalue weighted by atomic mass is 9.71. The van der Waals surface area contributed by atoms with Crippen LogP contribution in [0.1, 0.15) is 39.4 Å². The van der Waals surface area contributed by atoms with E-state index in [4.69, 9.17) is 4.74 Å². The highest BCUT2D eigenvalue weighted by molar-refractivity contribution is 5.22. The van der Waals surface area contributed by atoms with Crippen LogP contribution in [0, 0.1) is 11.8 Å². The number of hydrogen-bond donors (Lipinski definition) is 1. The van der Waals surface area contributed by atoms with E-state index in [2.05, 4.69) is 39.8 Å². The van der Waals surface area contributed by atoms with E-state index in [-0.39, 0.29) is 29.6 Å². The average molecular weight is 234 g/mol. The zero-order valence-electron chi connectivity index (χ0n) is 11.1. The van der Waals surface area contributed by atoms with Gasteiger partial charge in [-0.2, -0.15) is 0 Å². The number of aliphatic hydroxyl groups excluding tert-OH is 1. The van der Waals surface area contributed by atoms with Crippen molar-refractivity contribution in [1.29, 1.82) is 0 Å². The molecule has 1 aromatic carbocycles. The van der Waals surface area contributed by atoms with Crippen molar-refractivity contribution in [3.05, 3.63) is 35.9 Å². The van der Waals surface area contributed by atoms with E-state index in [0.717, 1.165) is 5.56 Å². The van der Waals surface area contributed by atoms with E-state index in [1.807, 2.05) is 18.2 Å². The standard InChI is InChI=1S/C15H22O2/c1-10(2)13(16)12-14(17-15(12,3)4)11-8-6-5-7-9-11/h5-10,12-14,16H,1-4H3. The van der Waals surface area contributed by atoms with Gasteiger partial charge in [-0.25, -0.2) is 0 Å². The van der Waals surface area contributed by atoms with Gasteiger partial charge in [-0.15, -0.1) is 0 Å². The van der Waals surface area contributed by atoms with Gasteiger partial charge >= 0.3 is 0 Å². The molecule has 3 atom stereocenters. The first kappa shape index (κ1) is 12.6. The quantitative estimate of drug-likeness (QED) is 0.870. The molecule has 0 saturated carbocycles. The molecule has 2 rings (SSSR count).